The Morgan fingerprint density at radius 1 is 1.33 bits per heavy atom. The number of hydrogen-bond acceptors (Lipinski definition) is 2. The van der Waals surface area contributed by atoms with E-state index in [1.165, 1.54) is 18.4 Å². The maximum absolute atomic E-state index is 12.5. The van der Waals surface area contributed by atoms with Crippen LogP contribution in [0.2, 0.25) is 18.1 Å². The molecule has 5 atom stereocenters. The minimum atomic E-state index is -1.80. The number of ketones is 1. The lowest BCUT2D eigenvalue weighted by Crippen LogP contribution is -2.45. The molecule has 0 aromatic rings. The van der Waals surface area contributed by atoms with Crippen LogP contribution in [0, 0.1) is 23.2 Å². The zero-order valence-corrected chi connectivity index (χ0v) is 20.3. The highest BCUT2D eigenvalue weighted by atomic mass is 28.4. The van der Waals surface area contributed by atoms with Crippen molar-refractivity contribution in [2.24, 2.45) is 23.2 Å². The van der Waals surface area contributed by atoms with E-state index in [-0.39, 0.29) is 16.6 Å². The summed E-state index contributed by atoms with van der Waals surface area (Å²) in [5, 5.41) is 0.226. The third-order valence-electron chi connectivity index (χ3n) is 8.10. The molecule has 2 saturated carbocycles. The van der Waals surface area contributed by atoms with E-state index in [1.807, 2.05) is 0 Å². The Morgan fingerprint density at radius 3 is 2.52 bits per heavy atom. The van der Waals surface area contributed by atoms with Crippen molar-refractivity contribution in [2.45, 2.75) is 111 Å². The SMILES string of the molecule is C=C(C)C[C@@H](CC(C)[C@H]1CC[C@H]2C(=O)CCC[C@]12C)O[Si](C)(C)C(C)(C)C. The molecule has 0 heterocycles. The van der Waals surface area contributed by atoms with Crippen LogP contribution in [0.1, 0.15) is 86.5 Å². The van der Waals surface area contributed by atoms with E-state index in [1.54, 1.807) is 0 Å². The largest absolute Gasteiger partial charge is 0.414 e. The van der Waals surface area contributed by atoms with Gasteiger partial charge < -0.3 is 4.43 Å². The van der Waals surface area contributed by atoms with Gasteiger partial charge in [0.05, 0.1) is 0 Å². The minimum Gasteiger partial charge on any atom is -0.414 e. The fraction of sp³-hybridized carbons (Fsp3) is 0.875. The van der Waals surface area contributed by atoms with E-state index >= 15 is 0 Å². The maximum Gasteiger partial charge on any atom is 0.192 e. The molecule has 3 heteroatoms. The molecule has 2 aliphatic carbocycles. The van der Waals surface area contributed by atoms with Crippen molar-refractivity contribution in [3.8, 4) is 0 Å². The summed E-state index contributed by atoms with van der Waals surface area (Å²) >= 11 is 0. The Morgan fingerprint density at radius 2 is 1.96 bits per heavy atom. The second-order valence-electron chi connectivity index (χ2n) is 11.4. The summed E-state index contributed by atoms with van der Waals surface area (Å²) in [6.45, 7) is 22.8. The standard InChI is InChI=1S/C24H44O2Si/c1-17(2)15-19(26-27(8,9)23(4,5)6)16-18(3)20-12-13-21-22(25)11-10-14-24(20,21)7/h18-21H,1,10-16H2,2-9H3/t18?,19-,20+,21-,24+/m0/s1. The molecular weight excluding hydrogens is 348 g/mol. The summed E-state index contributed by atoms with van der Waals surface area (Å²) in [5.41, 5.74) is 1.44. The Bertz CT molecular complexity index is 559. The molecule has 2 fully saturated rings. The van der Waals surface area contributed by atoms with Crippen LogP contribution in [-0.2, 0) is 9.22 Å². The molecule has 0 aliphatic heterocycles. The summed E-state index contributed by atoms with van der Waals surface area (Å²) in [4.78, 5) is 12.5. The average molecular weight is 393 g/mol. The van der Waals surface area contributed by atoms with Gasteiger partial charge in [0.2, 0.25) is 0 Å². The van der Waals surface area contributed by atoms with Crippen LogP contribution in [0.4, 0.5) is 0 Å². The van der Waals surface area contributed by atoms with Gasteiger partial charge in [-0.05, 0) is 80.8 Å². The molecule has 0 aromatic heterocycles. The third-order valence-corrected chi connectivity index (χ3v) is 12.6. The Kier molecular flexibility index (Phi) is 6.90. The van der Waals surface area contributed by atoms with Gasteiger partial charge in [0.15, 0.2) is 8.32 Å². The summed E-state index contributed by atoms with van der Waals surface area (Å²) in [7, 11) is -1.80. The molecule has 0 saturated heterocycles. The fourth-order valence-corrected chi connectivity index (χ4v) is 7.01. The minimum absolute atomic E-state index is 0.222. The highest BCUT2D eigenvalue weighted by Crippen LogP contribution is 2.57. The van der Waals surface area contributed by atoms with E-state index in [9.17, 15) is 4.79 Å². The zero-order chi connectivity index (χ0) is 20.6. The first-order valence-corrected chi connectivity index (χ1v) is 14.0. The van der Waals surface area contributed by atoms with Gasteiger partial charge in [0, 0.05) is 18.4 Å². The first-order valence-electron chi connectivity index (χ1n) is 11.1. The van der Waals surface area contributed by atoms with Crippen molar-refractivity contribution in [1.29, 1.82) is 0 Å². The van der Waals surface area contributed by atoms with Gasteiger partial charge in [-0.15, -0.1) is 6.58 Å². The summed E-state index contributed by atoms with van der Waals surface area (Å²) < 4.78 is 6.84. The first-order chi connectivity index (χ1) is 12.3. The van der Waals surface area contributed by atoms with Gasteiger partial charge >= 0.3 is 0 Å². The van der Waals surface area contributed by atoms with Crippen molar-refractivity contribution in [2.75, 3.05) is 0 Å². The second kappa shape index (κ2) is 8.14. The van der Waals surface area contributed by atoms with Crippen LogP contribution < -0.4 is 0 Å². The lowest BCUT2D eigenvalue weighted by atomic mass is 9.62. The van der Waals surface area contributed by atoms with E-state index in [0.29, 0.717) is 23.5 Å². The average Bonchev–Trinajstić information content (AvgIpc) is 2.83. The highest BCUT2D eigenvalue weighted by Gasteiger charge is 2.52. The molecule has 0 amide bonds. The zero-order valence-electron chi connectivity index (χ0n) is 19.3. The molecule has 156 valence electrons. The molecule has 0 aromatic carbocycles. The predicted molar refractivity (Wildman–Crippen MR) is 118 cm³/mol. The van der Waals surface area contributed by atoms with Crippen LogP contribution in [0.5, 0.6) is 0 Å². The number of rotatable bonds is 7. The van der Waals surface area contributed by atoms with Gasteiger partial charge in [0.25, 0.3) is 0 Å². The van der Waals surface area contributed by atoms with Crippen LogP contribution >= 0.6 is 0 Å². The van der Waals surface area contributed by atoms with Gasteiger partial charge in [0.1, 0.15) is 5.78 Å². The quantitative estimate of drug-likeness (QED) is 0.339. The summed E-state index contributed by atoms with van der Waals surface area (Å²) in [6.07, 6.45) is 7.78. The molecule has 27 heavy (non-hydrogen) atoms. The topological polar surface area (TPSA) is 26.3 Å². The van der Waals surface area contributed by atoms with Gasteiger partial charge in [-0.1, -0.05) is 40.2 Å². The van der Waals surface area contributed by atoms with Crippen molar-refractivity contribution < 1.29 is 9.22 Å². The molecule has 1 unspecified atom stereocenters. The van der Waals surface area contributed by atoms with E-state index in [4.69, 9.17) is 4.43 Å². The number of Topliss-reactive ketones (excluding diaryl/α,β-unsaturated/α-hetero) is 1. The van der Waals surface area contributed by atoms with Gasteiger partial charge in [-0.3, -0.25) is 4.79 Å². The lowest BCUT2D eigenvalue weighted by Gasteiger charge is -2.44. The number of hydrogen-bond donors (Lipinski definition) is 0. The third kappa shape index (κ3) is 4.96. The Hall–Kier alpha value is -0.413. The van der Waals surface area contributed by atoms with Crippen LogP contribution in [0.25, 0.3) is 0 Å². The van der Waals surface area contributed by atoms with Crippen molar-refractivity contribution >= 4 is 14.1 Å². The first kappa shape index (κ1) is 22.9. The van der Waals surface area contributed by atoms with E-state index < -0.39 is 8.32 Å². The Labute approximate surface area is 169 Å². The second-order valence-corrected chi connectivity index (χ2v) is 16.2. The van der Waals surface area contributed by atoms with E-state index in [2.05, 4.69) is 61.2 Å². The number of carbonyl (C=O) groups is 1. The summed E-state index contributed by atoms with van der Waals surface area (Å²) in [5.74, 6) is 2.11. The monoisotopic (exact) mass is 392 g/mol. The van der Waals surface area contributed by atoms with Gasteiger partial charge in [-0.2, -0.15) is 0 Å². The van der Waals surface area contributed by atoms with Crippen molar-refractivity contribution in [1.82, 2.24) is 0 Å². The summed E-state index contributed by atoms with van der Waals surface area (Å²) in [6, 6.07) is 0. The van der Waals surface area contributed by atoms with Crippen molar-refractivity contribution in [3.63, 3.8) is 0 Å². The van der Waals surface area contributed by atoms with Gasteiger partial charge in [-0.25, -0.2) is 0 Å². The molecule has 0 spiro atoms. The predicted octanol–water partition coefficient (Wildman–Crippen LogP) is 7.15. The number of carbonyl (C=O) groups excluding carboxylic acids is 1. The molecule has 0 radical (unpaired) electrons. The Balaban J connectivity index is 2.13. The maximum atomic E-state index is 12.5. The number of fused-ring (bicyclic) bond motifs is 1. The van der Waals surface area contributed by atoms with Crippen LogP contribution in [0.3, 0.4) is 0 Å². The lowest BCUT2D eigenvalue weighted by molar-refractivity contribution is -0.130. The normalized spacial score (nSPS) is 31.5. The molecule has 0 bridgehead atoms. The fourth-order valence-electron chi connectivity index (χ4n) is 5.64. The molecule has 0 N–H and O–H groups in total. The van der Waals surface area contributed by atoms with E-state index in [0.717, 1.165) is 32.1 Å². The van der Waals surface area contributed by atoms with Crippen molar-refractivity contribution in [3.05, 3.63) is 12.2 Å². The van der Waals surface area contributed by atoms with Crippen LogP contribution in [-0.4, -0.2) is 20.2 Å². The molecular formula is C24H44O2Si. The smallest absolute Gasteiger partial charge is 0.192 e. The molecule has 2 rings (SSSR count). The molecule has 2 aliphatic rings. The molecule has 2 nitrogen and oxygen atoms in total. The highest BCUT2D eigenvalue weighted by molar-refractivity contribution is 6.74. The van der Waals surface area contributed by atoms with Crippen LogP contribution in [0.15, 0.2) is 12.2 Å².